The monoisotopic (exact) mass is 255 g/mol. The van der Waals surface area contributed by atoms with Crippen LogP contribution in [0, 0.1) is 0 Å². The van der Waals surface area contributed by atoms with Gasteiger partial charge in [-0.25, -0.2) is 0 Å². The zero-order valence-corrected chi connectivity index (χ0v) is 13.0. The van der Waals surface area contributed by atoms with E-state index in [9.17, 15) is 12.9 Å². The van der Waals surface area contributed by atoms with E-state index in [0.717, 1.165) is 30.9 Å². The minimum absolute atomic E-state index is 0. The molecule has 84 valence electrons. The molecule has 0 heterocycles. The topological polar surface area (TPSA) is 3.24 Å². The first-order chi connectivity index (χ1) is 6.99. The van der Waals surface area contributed by atoms with Crippen LogP contribution in [-0.2, 0) is 0 Å². The summed E-state index contributed by atoms with van der Waals surface area (Å²) in [5.41, 5.74) is 0.301. The van der Waals surface area contributed by atoms with Crippen molar-refractivity contribution in [3.8, 4) is 0 Å². The Kier molecular flexibility index (Phi) is 7.28. The molecule has 0 N–H and O–H groups in total. The number of rotatable bonds is 4. The molecule has 0 saturated carbocycles. The fourth-order valence-corrected chi connectivity index (χ4v) is 1.49. The predicted octanol–water partition coefficient (Wildman–Crippen LogP) is -0.409. The van der Waals surface area contributed by atoms with E-state index in [-0.39, 0.29) is 51.4 Å². The summed E-state index contributed by atoms with van der Waals surface area (Å²) >= 11 is 0. The van der Waals surface area contributed by atoms with E-state index in [1.54, 1.807) is 0 Å². The molecule has 0 aliphatic rings. The van der Waals surface area contributed by atoms with Crippen molar-refractivity contribution in [3.63, 3.8) is 0 Å². The number of nitrogens with zero attached hydrogens (tertiary/aromatic N) is 1. The molecule has 0 saturated heterocycles. The maximum Gasteiger partial charge on any atom is 1.00 e. The molecular weight excluding hydrogens is 241 g/mol. The van der Waals surface area contributed by atoms with Crippen LogP contribution in [0.2, 0.25) is 0 Å². The molecule has 1 nitrogen and oxygen atoms in total. The molecule has 1 aromatic carbocycles. The fraction of sp³-hybridized carbons (Fsp3) is 0.400. The average Bonchev–Trinajstić information content (AvgIpc) is 2.19. The van der Waals surface area contributed by atoms with Crippen LogP contribution in [0.3, 0.4) is 0 Å². The van der Waals surface area contributed by atoms with Gasteiger partial charge in [-0.3, -0.25) is 0 Å². The molecule has 1 rings (SSSR count). The van der Waals surface area contributed by atoms with Crippen molar-refractivity contribution in [2.24, 2.45) is 0 Å². The summed E-state index contributed by atoms with van der Waals surface area (Å²) in [6.45, 7) is 0.682. The van der Waals surface area contributed by atoms with Gasteiger partial charge >= 0.3 is 58.4 Å². The number of hydrogen-bond acceptors (Lipinski definition) is 1. The van der Waals surface area contributed by atoms with E-state index >= 15 is 0 Å². The van der Waals surface area contributed by atoms with E-state index in [0.29, 0.717) is 0 Å². The van der Waals surface area contributed by atoms with Gasteiger partial charge in [0.2, 0.25) is 0 Å². The third kappa shape index (κ3) is 4.41. The minimum Gasteiger partial charge on any atom is -0.445 e. The standard InChI is InChI=1S/C10H14BF3N.K/c1-3-15(4-2)10-7-5-9(6-8-10)11(12,13)14;/h5-8H,3-4H2,1-2H3;/q-1;+1. The Morgan fingerprint density at radius 2 is 1.44 bits per heavy atom. The summed E-state index contributed by atoms with van der Waals surface area (Å²) in [5, 5.41) is 0. The Labute approximate surface area is 137 Å². The molecule has 0 atom stereocenters. The van der Waals surface area contributed by atoms with Gasteiger partial charge in [0.05, 0.1) is 0 Å². The minimum atomic E-state index is -4.87. The smallest absolute Gasteiger partial charge is 0.445 e. The van der Waals surface area contributed by atoms with E-state index in [1.807, 2.05) is 18.7 Å². The zero-order chi connectivity index (χ0) is 11.5. The van der Waals surface area contributed by atoms with Gasteiger partial charge < -0.3 is 17.8 Å². The molecule has 0 radical (unpaired) electrons. The Bertz CT molecular complexity index is 309. The van der Waals surface area contributed by atoms with Gasteiger partial charge in [-0.05, 0) is 26.0 Å². The van der Waals surface area contributed by atoms with Crippen molar-refractivity contribution >= 4 is 18.1 Å². The van der Waals surface area contributed by atoms with Gasteiger partial charge in [0, 0.05) is 18.8 Å². The molecule has 0 aromatic heterocycles. The predicted molar refractivity (Wildman–Crippen MR) is 58.7 cm³/mol. The molecule has 0 unspecified atom stereocenters. The van der Waals surface area contributed by atoms with Gasteiger partial charge in [0.1, 0.15) is 0 Å². The molecule has 6 heteroatoms. The molecule has 0 amide bonds. The van der Waals surface area contributed by atoms with E-state index < -0.39 is 12.4 Å². The molecule has 1 aromatic rings. The number of anilines is 1. The quantitative estimate of drug-likeness (QED) is 0.661. The summed E-state index contributed by atoms with van der Waals surface area (Å²) in [5.74, 6) is 0. The van der Waals surface area contributed by atoms with Gasteiger partial charge in [-0.15, -0.1) is 5.46 Å². The SMILES string of the molecule is CCN(CC)c1ccc([B-](F)(F)F)cc1.[K+]. The van der Waals surface area contributed by atoms with E-state index in [2.05, 4.69) is 0 Å². The Morgan fingerprint density at radius 1 is 1.00 bits per heavy atom. The van der Waals surface area contributed by atoms with Crippen LogP contribution in [-0.4, -0.2) is 20.1 Å². The Morgan fingerprint density at radius 3 is 1.75 bits per heavy atom. The van der Waals surface area contributed by atoms with Crippen LogP contribution in [0.1, 0.15) is 13.8 Å². The van der Waals surface area contributed by atoms with Crippen LogP contribution < -0.4 is 61.7 Å². The first-order valence-corrected chi connectivity index (χ1v) is 5.03. The average molecular weight is 255 g/mol. The summed E-state index contributed by atoms with van der Waals surface area (Å²) in [4.78, 5) is 2.01. The van der Waals surface area contributed by atoms with Crippen molar-refractivity contribution < 1.29 is 64.3 Å². The normalized spacial score (nSPS) is 10.8. The molecule has 0 aliphatic carbocycles. The van der Waals surface area contributed by atoms with E-state index in [4.69, 9.17) is 0 Å². The third-order valence-corrected chi connectivity index (χ3v) is 2.40. The molecule has 0 fully saturated rings. The summed E-state index contributed by atoms with van der Waals surface area (Å²) in [7, 11) is 0. The van der Waals surface area contributed by atoms with Crippen molar-refractivity contribution in [2.75, 3.05) is 18.0 Å². The van der Waals surface area contributed by atoms with Crippen molar-refractivity contribution in [1.29, 1.82) is 0 Å². The Hall–Kier alpha value is 0.511. The summed E-state index contributed by atoms with van der Waals surface area (Å²) in [6.07, 6.45) is 0. The van der Waals surface area contributed by atoms with Crippen LogP contribution in [0.15, 0.2) is 24.3 Å². The van der Waals surface area contributed by atoms with Gasteiger partial charge in [-0.1, -0.05) is 12.1 Å². The van der Waals surface area contributed by atoms with Crippen LogP contribution >= 0.6 is 0 Å². The summed E-state index contributed by atoms with van der Waals surface area (Å²) in [6, 6.07) is 5.34. The molecule has 0 bridgehead atoms. The van der Waals surface area contributed by atoms with Crippen LogP contribution in [0.5, 0.6) is 0 Å². The maximum absolute atomic E-state index is 12.3. The van der Waals surface area contributed by atoms with Crippen LogP contribution in [0.25, 0.3) is 0 Å². The maximum atomic E-state index is 12.3. The van der Waals surface area contributed by atoms with Gasteiger partial charge in [-0.2, -0.15) is 0 Å². The summed E-state index contributed by atoms with van der Waals surface area (Å²) < 4.78 is 37.0. The van der Waals surface area contributed by atoms with Gasteiger partial charge in [0.25, 0.3) is 0 Å². The van der Waals surface area contributed by atoms with Crippen LogP contribution in [0.4, 0.5) is 18.6 Å². The first-order valence-electron chi connectivity index (χ1n) is 5.03. The second kappa shape index (κ2) is 7.06. The third-order valence-electron chi connectivity index (χ3n) is 2.40. The molecule has 0 spiro atoms. The van der Waals surface area contributed by atoms with Gasteiger partial charge in [0.15, 0.2) is 0 Å². The molecule has 16 heavy (non-hydrogen) atoms. The van der Waals surface area contributed by atoms with Crippen molar-refractivity contribution in [2.45, 2.75) is 13.8 Å². The zero-order valence-electron chi connectivity index (χ0n) is 9.88. The second-order valence-corrected chi connectivity index (χ2v) is 3.34. The fourth-order valence-electron chi connectivity index (χ4n) is 1.49. The molecule has 0 aliphatic heterocycles. The molecular formula is C10H14BF3KN. The first kappa shape index (κ1) is 16.5. The number of halogens is 3. The Balaban J connectivity index is 0.00000225. The van der Waals surface area contributed by atoms with Crippen molar-refractivity contribution in [3.05, 3.63) is 24.3 Å². The second-order valence-electron chi connectivity index (χ2n) is 3.34. The number of benzene rings is 1. The van der Waals surface area contributed by atoms with E-state index in [1.165, 1.54) is 12.1 Å². The largest absolute Gasteiger partial charge is 1.00 e. The number of hydrogen-bond donors (Lipinski definition) is 0. The van der Waals surface area contributed by atoms with Crippen molar-refractivity contribution in [1.82, 2.24) is 0 Å².